The molecule has 1 aliphatic rings. The number of amides is 1. The predicted molar refractivity (Wildman–Crippen MR) is 85.8 cm³/mol. The Morgan fingerprint density at radius 3 is 2.86 bits per heavy atom. The fourth-order valence-electron chi connectivity index (χ4n) is 3.49. The van der Waals surface area contributed by atoms with Crippen LogP contribution in [0.4, 0.5) is 0 Å². The lowest BCUT2D eigenvalue weighted by atomic mass is 9.70. The third-order valence-corrected chi connectivity index (χ3v) is 4.77. The van der Waals surface area contributed by atoms with Gasteiger partial charge in [0, 0.05) is 30.8 Å². The molecule has 3 atom stereocenters. The van der Waals surface area contributed by atoms with E-state index >= 15 is 0 Å². The van der Waals surface area contributed by atoms with Gasteiger partial charge in [-0.05, 0) is 42.7 Å². The summed E-state index contributed by atoms with van der Waals surface area (Å²) in [6, 6.07) is 5.91. The van der Waals surface area contributed by atoms with Crippen LogP contribution in [0.5, 0.6) is 0 Å². The molecule has 3 nitrogen and oxygen atoms in total. The van der Waals surface area contributed by atoms with E-state index in [-0.39, 0.29) is 11.8 Å². The van der Waals surface area contributed by atoms with Gasteiger partial charge in [-0.15, -0.1) is 0 Å². The molecule has 1 aliphatic carbocycles. The number of hydrogen-bond donors (Lipinski definition) is 1. The maximum Gasteiger partial charge on any atom is 0.223 e. The summed E-state index contributed by atoms with van der Waals surface area (Å²) in [5.41, 5.74) is 1.04. The first-order chi connectivity index (χ1) is 10.1. The highest BCUT2D eigenvalue weighted by molar-refractivity contribution is 5.79. The number of nitrogens with one attached hydrogen (secondary N) is 1. The Hall–Kier alpha value is -1.38. The molecule has 2 rings (SSSR count). The molecule has 0 bridgehead atoms. The molecule has 0 aliphatic heterocycles. The first-order valence-electron chi connectivity index (χ1n) is 8.25. The molecule has 0 saturated heterocycles. The molecule has 0 spiro atoms. The normalized spacial score (nSPS) is 25.8. The van der Waals surface area contributed by atoms with Crippen LogP contribution in [0.15, 0.2) is 24.4 Å². The Kier molecular flexibility index (Phi) is 5.77. The van der Waals surface area contributed by atoms with Gasteiger partial charge in [0.2, 0.25) is 5.91 Å². The number of carbonyl (C=O) groups is 1. The number of aromatic nitrogens is 1. The molecule has 0 aromatic carbocycles. The third-order valence-electron chi connectivity index (χ3n) is 4.77. The van der Waals surface area contributed by atoms with E-state index in [0.717, 1.165) is 18.5 Å². The maximum absolute atomic E-state index is 12.5. The zero-order valence-electron chi connectivity index (χ0n) is 13.5. The second-order valence-electron chi connectivity index (χ2n) is 6.79. The highest BCUT2D eigenvalue weighted by Gasteiger charge is 2.35. The number of pyridine rings is 1. The van der Waals surface area contributed by atoms with Gasteiger partial charge in [0.05, 0.1) is 0 Å². The number of hydrogen-bond acceptors (Lipinski definition) is 2. The maximum atomic E-state index is 12.5. The van der Waals surface area contributed by atoms with Crippen molar-refractivity contribution < 1.29 is 4.79 Å². The summed E-state index contributed by atoms with van der Waals surface area (Å²) in [6.07, 6.45) is 6.10. The van der Waals surface area contributed by atoms with Crippen LogP contribution in [0, 0.1) is 23.7 Å². The van der Waals surface area contributed by atoms with Crippen LogP contribution >= 0.6 is 0 Å². The smallest absolute Gasteiger partial charge is 0.223 e. The molecule has 1 amide bonds. The number of nitrogens with zero attached hydrogens (tertiary/aromatic N) is 1. The van der Waals surface area contributed by atoms with Gasteiger partial charge < -0.3 is 5.32 Å². The Bertz CT molecular complexity index is 444. The summed E-state index contributed by atoms with van der Waals surface area (Å²) in [7, 11) is 0. The van der Waals surface area contributed by atoms with Crippen LogP contribution in [0.25, 0.3) is 0 Å². The zero-order chi connectivity index (χ0) is 15.2. The van der Waals surface area contributed by atoms with E-state index < -0.39 is 0 Å². The lowest BCUT2D eigenvalue weighted by Crippen LogP contribution is -2.40. The second-order valence-corrected chi connectivity index (χ2v) is 6.79. The van der Waals surface area contributed by atoms with Crippen LogP contribution in [-0.2, 0) is 11.2 Å². The predicted octanol–water partition coefficient (Wildman–Crippen LogP) is 3.45. The molecule has 2 unspecified atom stereocenters. The third kappa shape index (κ3) is 4.55. The van der Waals surface area contributed by atoms with Gasteiger partial charge in [-0.3, -0.25) is 9.78 Å². The molecule has 21 heavy (non-hydrogen) atoms. The van der Waals surface area contributed by atoms with Crippen molar-refractivity contribution in [3.63, 3.8) is 0 Å². The highest BCUT2D eigenvalue weighted by Crippen LogP contribution is 2.37. The monoisotopic (exact) mass is 288 g/mol. The van der Waals surface area contributed by atoms with E-state index in [1.165, 1.54) is 12.8 Å². The number of carbonyl (C=O) groups excluding carboxylic acids is 1. The second kappa shape index (κ2) is 7.58. The zero-order valence-corrected chi connectivity index (χ0v) is 13.5. The summed E-state index contributed by atoms with van der Waals surface area (Å²) in [4.78, 5) is 16.8. The highest BCUT2D eigenvalue weighted by atomic mass is 16.1. The van der Waals surface area contributed by atoms with Crippen molar-refractivity contribution in [2.45, 2.75) is 46.5 Å². The van der Waals surface area contributed by atoms with Gasteiger partial charge in [0.15, 0.2) is 0 Å². The van der Waals surface area contributed by atoms with Crippen LogP contribution in [0.2, 0.25) is 0 Å². The fourth-order valence-corrected chi connectivity index (χ4v) is 3.49. The van der Waals surface area contributed by atoms with Crippen molar-refractivity contribution in [2.75, 3.05) is 6.54 Å². The van der Waals surface area contributed by atoms with E-state index in [1.807, 2.05) is 18.2 Å². The molecular weight excluding hydrogens is 260 g/mol. The van der Waals surface area contributed by atoms with Gasteiger partial charge in [0.1, 0.15) is 0 Å². The van der Waals surface area contributed by atoms with Crippen LogP contribution < -0.4 is 5.32 Å². The van der Waals surface area contributed by atoms with E-state index in [4.69, 9.17) is 0 Å². The standard InChI is InChI=1S/C18H28N2O/c1-13(2)16-8-7-14(3)12-17(16)18(21)20-11-9-15-6-4-5-10-19-15/h4-6,10,13-14,16-17H,7-9,11-12H2,1-3H3,(H,20,21)/t14?,16?,17-/m1/s1. The molecule has 1 heterocycles. The molecule has 1 aromatic heterocycles. The van der Waals surface area contributed by atoms with E-state index in [1.54, 1.807) is 6.20 Å². The van der Waals surface area contributed by atoms with Crippen LogP contribution in [0.3, 0.4) is 0 Å². The topological polar surface area (TPSA) is 42.0 Å². The van der Waals surface area contributed by atoms with E-state index in [9.17, 15) is 4.79 Å². The fraction of sp³-hybridized carbons (Fsp3) is 0.667. The summed E-state index contributed by atoms with van der Waals surface area (Å²) in [5.74, 6) is 2.24. The minimum Gasteiger partial charge on any atom is -0.355 e. The first kappa shape index (κ1) is 16.0. The van der Waals surface area contributed by atoms with Gasteiger partial charge in [-0.1, -0.05) is 33.3 Å². The minimum atomic E-state index is 0.192. The van der Waals surface area contributed by atoms with E-state index in [0.29, 0.717) is 24.3 Å². The molecule has 1 N–H and O–H groups in total. The van der Waals surface area contributed by atoms with Gasteiger partial charge >= 0.3 is 0 Å². The van der Waals surface area contributed by atoms with Crippen molar-refractivity contribution in [3.05, 3.63) is 30.1 Å². The molecular formula is C18H28N2O. The molecule has 3 heteroatoms. The average Bonchev–Trinajstić information content (AvgIpc) is 2.47. The van der Waals surface area contributed by atoms with Crippen molar-refractivity contribution in [2.24, 2.45) is 23.7 Å². The SMILES string of the molecule is CC1CCC(C(C)C)[C@H](C(=O)NCCc2ccccn2)C1. The Morgan fingerprint density at radius 1 is 1.38 bits per heavy atom. The summed E-state index contributed by atoms with van der Waals surface area (Å²) < 4.78 is 0. The molecule has 116 valence electrons. The molecule has 0 radical (unpaired) electrons. The minimum absolute atomic E-state index is 0.192. The largest absolute Gasteiger partial charge is 0.355 e. The van der Waals surface area contributed by atoms with Crippen LogP contribution in [0.1, 0.15) is 45.7 Å². The molecule has 1 saturated carbocycles. The molecule has 1 aromatic rings. The van der Waals surface area contributed by atoms with Crippen molar-refractivity contribution in [1.82, 2.24) is 10.3 Å². The number of rotatable bonds is 5. The lowest BCUT2D eigenvalue weighted by Gasteiger charge is -2.36. The summed E-state index contributed by atoms with van der Waals surface area (Å²) in [5, 5.41) is 3.13. The van der Waals surface area contributed by atoms with E-state index in [2.05, 4.69) is 31.1 Å². The Morgan fingerprint density at radius 2 is 2.19 bits per heavy atom. The summed E-state index contributed by atoms with van der Waals surface area (Å²) in [6.45, 7) is 7.44. The average molecular weight is 288 g/mol. The Labute approximate surface area is 128 Å². The van der Waals surface area contributed by atoms with Gasteiger partial charge in [-0.25, -0.2) is 0 Å². The van der Waals surface area contributed by atoms with Gasteiger partial charge in [-0.2, -0.15) is 0 Å². The quantitative estimate of drug-likeness (QED) is 0.901. The lowest BCUT2D eigenvalue weighted by molar-refractivity contribution is -0.129. The van der Waals surface area contributed by atoms with Crippen molar-refractivity contribution >= 4 is 5.91 Å². The molecule has 1 fully saturated rings. The van der Waals surface area contributed by atoms with Crippen LogP contribution in [-0.4, -0.2) is 17.4 Å². The summed E-state index contributed by atoms with van der Waals surface area (Å²) >= 11 is 0. The van der Waals surface area contributed by atoms with Gasteiger partial charge in [0.25, 0.3) is 0 Å². The van der Waals surface area contributed by atoms with Crippen molar-refractivity contribution in [3.8, 4) is 0 Å². The Balaban J connectivity index is 1.85. The first-order valence-corrected chi connectivity index (χ1v) is 8.25. The van der Waals surface area contributed by atoms with Crippen molar-refractivity contribution in [1.29, 1.82) is 0 Å².